The van der Waals surface area contributed by atoms with Gasteiger partial charge >= 0.3 is 0 Å². The van der Waals surface area contributed by atoms with Crippen LogP contribution in [0.15, 0.2) is 37.1 Å². The van der Waals surface area contributed by atoms with E-state index in [-0.39, 0.29) is 17.7 Å². The van der Waals surface area contributed by atoms with E-state index in [4.69, 9.17) is 9.72 Å². The highest BCUT2D eigenvalue weighted by atomic mass is 16.5. The third kappa shape index (κ3) is 5.44. The molecule has 0 saturated carbocycles. The molecule has 192 valence electrons. The summed E-state index contributed by atoms with van der Waals surface area (Å²) in [5, 5.41) is 0. The summed E-state index contributed by atoms with van der Waals surface area (Å²) in [7, 11) is 0. The lowest BCUT2D eigenvalue weighted by atomic mass is 9.87. The van der Waals surface area contributed by atoms with E-state index < -0.39 is 0 Å². The lowest BCUT2D eigenvalue weighted by Gasteiger charge is -2.29. The van der Waals surface area contributed by atoms with E-state index in [0.717, 1.165) is 73.2 Å². The minimum absolute atomic E-state index is 0.00389. The summed E-state index contributed by atoms with van der Waals surface area (Å²) in [6.45, 7) is 13.3. The second-order valence-electron chi connectivity index (χ2n) is 11.4. The normalized spacial score (nSPS) is 18.9. The number of aryl methyl sites for hydroxylation is 1. The van der Waals surface area contributed by atoms with Gasteiger partial charge in [-0.25, -0.2) is 19.9 Å². The monoisotopic (exact) mass is 489 g/mol. The van der Waals surface area contributed by atoms with Gasteiger partial charge in [-0.1, -0.05) is 26.8 Å². The number of nitrogens with one attached hydrogen (secondary N) is 1. The number of aromatic amines is 1. The number of benzene rings is 1. The first-order valence-corrected chi connectivity index (χ1v) is 13.3. The fourth-order valence-corrected chi connectivity index (χ4v) is 5.10. The van der Waals surface area contributed by atoms with E-state index in [9.17, 15) is 0 Å². The summed E-state index contributed by atoms with van der Waals surface area (Å²) in [4.78, 5) is 23.8. The molecular formula is C28H39N7O. The Kier molecular flexibility index (Phi) is 7.08. The van der Waals surface area contributed by atoms with Gasteiger partial charge in [0.1, 0.15) is 23.9 Å². The number of ether oxygens (including phenoxy) is 1. The second-order valence-corrected chi connectivity index (χ2v) is 11.4. The van der Waals surface area contributed by atoms with Crippen molar-refractivity contribution in [2.45, 2.75) is 90.5 Å². The Morgan fingerprint density at radius 2 is 2.00 bits per heavy atom. The predicted octanol–water partition coefficient (Wildman–Crippen LogP) is 5.41. The molecule has 0 amide bonds. The Bertz CT molecular complexity index is 1300. The minimum Gasteiger partial charge on any atom is -0.353 e. The molecule has 1 unspecified atom stereocenters. The van der Waals surface area contributed by atoms with Crippen molar-refractivity contribution < 1.29 is 4.74 Å². The molecule has 2 atom stereocenters. The van der Waals surface area contributed by atoms with Gasteiger partial charge < -0.3 is 9.72 Å². The first-order valence-electron chi connectivity index (χ1n) is 13.3. The maximum absolute atomic E-state index is 6.44. The molecule has 1 aromatic carbocycles. The van der Waals surface area contributed by atoms with Crippen LogP contribution in [0.1, 0.15) is 77.9 Å². The van der Waals surface area contributed by atoms with Crippen LogP contribution in [-0.4, -0.2) is 59.6 Å². The number of rotatable bonds is 9. The highest BCUT2D eigenvalue weighted by Gasteiger charge is 2.29. The maximum Gasteiger partial charge on any atom is 0.165 e. The van der Waals surface area contributed by atoms with Crippen LogP contribution in [0, 0.1) is 0 Å². The number of fused-ring (bicyclic) bond motifs is 2. The maximum atomic E-state index is 6.44. The van der Waals surface area contributed by atoms with Crippen molar-refractivity contribution in [2.24, 2.45) is 0 Å². The van der Waals surface area contributed by atoms with E-state index in [1.165, 1.54) is 5.56 Å². The Hall–Kier alpha value is -2.84. The van der Waals surface area contributed by atoms with Gasteiger partial charge in [0, 0.05) is 19.0 Å². The Balaban J connectivity index is 1.12. The minimum atomic E-state index is -0.00389. The molecule has 0 radical (unpaired) electrons. The van der Waals surface area contributed by atoms with Crippen LogP contribution in [0.25, 0.3) is 22.2 Å². The number of hydrogen-bond acceptors (Lipinski definition) is 6. The van der Waals surface area contributed by atoms with Crippen molar-refractivity contribution in [3.8, 4) is 0 Å². The summed E-state index contributed by atoms with van der Waals surface area (Å²) in [5.74, 6) is 1.09. The molecule has 36 heavy (non-hydrogen) atoms. The van der Waals surface area contributed by atoms with Gasteiger partial charge in [0.05, 0.1) is 29.7 Å². The van der Waals surface area contributed by atoms with Crippen molar-refractivity contribution >= 4 is 22.2 Å². The summed E-state index contributed by atoms with van der Waals surface area (Å²) >= 11 is 0. The molecule has 0 bridgehead atoms. The first kappa shape index (κ1) is 24.8. The van der Waals surface area contributed by atoms with Gasteiger partial charge in [0.15, 0.2) is 5.65 Å². The Morgan fingerprint density at radius 3 is 2.81 bits per heavy atom. The summed E-state index contributed by atoms with van der Waals surface area (Å²) in [5.41, 5.74) is 5.34. The van der Waals surface area contributed by atoms with Crippen LogP contribution >= 0.6 is 0 Å². The van der Waals surface area contributed by atoms with Crippen LogP contribution < -0.4 is 0 Å². The van der Waals surface area contributed by atoms with E-state index in [1.54, 1.807) is 12.5 Å². The SMILES string of the molecule is CC(C)N(CCCCc1nc2ccc(C(C)(C)C)cc2[nH]1)CC1CC[C@H](n2cnc3cncnc32)O1. The standard InChI is InChI=1S/C28H39N7O/c1-19(2)34(16-21-10-12-26(36-21)35-18-31-24-15-29-17-30-27(24)35)13-7-6-8-25-32-22-11-9-20(28(3,4)5)14-23(22)33-25/h9,11,14-15,17-19,21,26H,6-8,10,12-13,16H2,1-5H3,(H,32,33)/t21?,26-/m1/s1. The molecule has 1 saturated heterocycles. The molecular weight excluding hydrogens is 450 g/mol. The third-order valence-corrected chi connectivity index (χ3v) is 7.31. The van der Waals surface area contributed by atoms with Crippen molar-refractivity contribution in [3.63, 3.8) is 0 Å². The van der Waals surface area contributed by atoms with Crippen LogP contribution in [0.2, 0.25) is 0 Å². The number of nitrogens with zero attached hydrogens (tertiary/aromatic N) is 6. The van der Waals surface area contributed by atoms with Crippen LogP contribution in [0.3, 0.4) is 0 Å². The highest BCUT2D eigenvalue weighted by Crippen LogP contribution is 2.31. The average molecular weight is 490 g/mol. The third-order valence-electron chi connectivity index (χ3n) is 7.31. The lowest BCUT2D eigenvalue weighted by Crippen LogP contribution is -2.38. The zero-order valence-corrected chi connectivity index (χ0v) is 22.2. The van der Waals surface area contributed by atoms with Crippen LogP contribution in [0.5, 0.6) is 0 Å². The lowest BCUT2D eigenvalue weighted by molar-refractivity contribution is -0.0160. The quantitative estimate of drug-likeness (QED) is 0.316. The zero-order chi connectivity index (χ0) is 25.3. The molecule has 1 aliphatic rings. The van der Waals surface area contributed by atoms with E-state index in [2.05, 4.69) is 82.2 Å². The second kappa shape index (κ2) is 10.3. The van der Waals surface area contributed by atoms with Gasteiger partial charge in [-0.15, -0.1) is 0 Å². The topological polar surface area (TPSA) is 84.8 Å². The molecule has 0 spiro atoms. The van der Waals surface area contributed by atoms with E-state index in [1.807, 2.05) is 6.33 Å². The molecule has 0 aliphatic carbocycles. The fraction of sp³-hybridized carbons (Fsp3) is 0.571. The largest absolute Gasteiger partial charge is 0.353 e. The zero-order valence-electron chi connectivity index (χ0n) is 22.2. The average Bonchev–Trinajstić information content (AvgIpc) is 3.57. The van der Waals surface area contributed by atoms with Gasteiger partial charge in [0.2, 0.25) is 0 Å². The van der Waals surface area contributed by atoms with Crippen molar-refractivity contribution in [1.29, 1.82) is 0 Å². The fourth-order valence-electron chi connectivity index (χ4n) is 5.10. The molecule has 1 aliphatic heterocycles. The smallest absolute Gasteiger partial charge is 0.165 e. The van der Waals surface area contributed by atoms with Gasteiger partial charge in [0.25, 0.3) is 0 Å². The summed E-state index contributed by atoms with van der Waals surface area (Å²) < 4.78 is 8.49. The molecule has 8 nitrogen and oxygen atoms in total. The Labute approximate surface area is 213 Å². The molecule has 4 heterocycles. The van der Waals surface area contributed by atoms with Gasteiger partial charge in [-0.3, -0.25) is 9.47 Å². The Morgan fingerprint density at radius 1 is 1.14 bits per heavy atom. The number of hydrogen-bond donors (Lipinski definition) is 1. The summed E-state index contributed by atoms with van der Waals surface area (Å²) in [6.07, 6.45) is 10.6. The van der Waals surface area contributed by atoms with E-state index in [0.29, 0.717) is 6.04 Å². The molecule has 4 aromatic rings. The number of aromatic nitrogens is 6. The number of unbranched alkanes of at least 4 members (excludes halogenated alkanes) is 1. The molecule has 3 aromatic heterocycles. The first-order chi connectivity index (χ1) is 17.3. The number of imidazole rings is 2. The molecule has 5 rings (SSSR count). The molecule has 1 N–H and O–H groups in total. The number of H-pyrrole nitrogens is 1. The van der Waals surface area contributed by atoms with Crippen LogP contribution in [0.4, 0.5) is 0 Å². The van der Waals surface area contributed by atoms with Gasteiger partial charge in [-0.2, -0.15) is 0 Å². The van der Waals surface area contributed by atoms with E-state index >= 15 is 0 Å². The van der Waals surface area contributed by atoms with Crippen molar-refractivity contribution in [1.82, 2.24) is 34.4 Å². The predicted molar refractivity (Wildman–Crippen MR) is 143 cm³/mol. The van der Waals surface area contributed by atoms with Crippen molar-refractivity contribution in [2.75, 3.05) is 13.1 Å². The van der Waals surface area contributed by atoms with Crippen molar-refractivity contribution in [3.05, 3.63) is 48.4 Å². The molecule has 1 fully saturated rings. The van der Waals surface area contributed by atoms with Crippen LogP contribution in [-0.2, 0) is 16.6 Å². The molecule has 8 heteroatoms. The summed E-state index contributed by atoms with van der Waals surface area (Å²) in [6, 6.07) is 7.08. The van der Waals surface area contributed by atoms with Gasteiger partial charge in [-0.05, 0) is 69.2 Å². The highest BCUT2D eigenvalue weighted by molar-refractivity contribution is 5.76.